The Morgan fingerprint density at radius 2 is 2.05 bits per heavy atom. The third kappa shape index (κ3) is 2.46. The van der Waals surface area contributed by atoms with Gasteiger partial charge in [0, 0.05) is 16.2 Å². The van der Waals surface area contributed by atoms with Crippen LogP contribution >= 0.6 is 39.1 Å². The highest BCUT2D eigenvalue weighted by Gasteiger charge is 2.17. The molecule has 0 unspecified atom stereocenters. The normalized spacial score (nSPS) is 11.0. The van der Waals surface area contributed by atoms with Crippen molar-refractivity contribution in [3.05, 3.63) is 45.0 Å². The second-order valence-corrected chi connectivity index (χ2v) is 6.09. The topological polar surface area (TPSA) is 52.5 Å². The van der Waals surface area contributed by atoms with Crippen LogP contribution in [0.1, 0.15) is 0 Å². The van der Waals surface area contributed by atoms with Gasteiger partial charge in [-0.3, -0.25) is 4.40 Å². The number of hydrogen-bond donors (Lipinski definition) is 1. The van der Waals surface area contributed by atoms with Gasteiger partial charge in [0.15, 0.2) is 5.65 Å². The fourth-order valence-electron chi connectivity index (χ4n) is 2.10. The molecule has 0 saturated heterocycles. The summed E-state index contributed by atoms with van der Waals surface area (Å²) in [5.74, 6) is 1.18. The third-order valence-corrected chi connectivity index (χ3v) is 4.28. The van der Waals surface area contributed by atoms with E-state index in [1.165, 1.54) is 0 Å². The molecule has 0 atom stereocenters. The van der Waals surface area contributed by atoms with Crippen molar-refractivity contribution < 1.29 is 4.74 Å². The van der Waals surface area contributed by atoms with Crippen LogP contribution in [0.4, 0.5) is 5.82 Å². The van der Waals surface area contributed by atoms with Gasteiger partial charge in [0.05, 0.1) is 17.2 Å². The fraction of sp³-hybridized carbons (Fsp3) is 0.0714. The van der Waals surface area contributed by atoms with E-state index in [2.05, 4.69) is 20.9 Å². The van der Waals surface area contributed by atoms with Gasteiger partial charge >= 0.3 is 0 Å². The van der Waals surface area contributed by atoms with Crippen molar-refractivity contribution in [1.82, 2.24) is 9.38 Å². The number of nitrogen functional groups attached to an aromatic ring is 1. The van der Waals surface area contributed by atoms with Gasteiger partial charge < -0.3 is 10.5 Å². The lowest BCUT2D eigenvalue weighted by Crippen LogP contribution is -1.95. The summed E-state index contributed by atoms with van der Waals surface area (Å²) in [5, 5.41) is 0.937. The maximum atomic E-state index is 6.19. The second kappa shape index (κ2) is 5.40. The van der Waals surface area contributed by atoms with Gasteiger partial charge in [-0.25, -0.2) is 4.98 Å². The first kappa shape index (κ1) is 14.5. The molecular formula is C14H10BrCl2N3O. The Morgan fingerprint density at radius 1 is 1.29 bits per heavy atom. The first-order valence-corrected chi connectivity index (χ1v) is 7.52. The van der Waals surface area contributed by atoms with E-state index in [0.29, 0.717) is 33.0 Å². The quantitative estimate of drug-likeness (QED) is 0.696. The van der Waals surface area contributed by atoms with Gasteiger partial charge in [-0.1, -0.05) is 39.1 Å². The Hall–Kier alpha value is -1.43. The predicted octanol–water partition coefficient (Wildman–Crippen LogP) is 4.66. The Kier molecular flexibility index (Phi) is 3.73. The highest BCUT2D eigenvalue weighted by Crippen LogP contribution is 2.36. The molecule has 0 aliphatic heterocycles. The molecule has 1 aromatic carbocycles. The number of nitrogens with zero attached hydrogens (tertiary/aromatic N) is 2. The lowest BCUT2D eigenvalue weighted by molar-refractivity contribution is 0.415. The van der Waals surface area contributed by atoms with Gasteiger partial charge in [0.25, 0.3) is 0 Å². The first-order chi connectivity index (χ1) is 10.0. The van der Waals surface area contributed by atoms with Crippen molar-refractivity contribution in [2.24, 2.45) is 0 Å². The van der Waals surface area contributed by atoms with Gasteiger partial charge in [-0.15, -0.1) is 0 Å². The van der Waals surface area contributed by atoms with Crippen LogP contribution in [0, 0.1) is 0 Å². The zero-order chi connectivity index (χ0) is 15.1. The molecule has 2 N–H and O–H groups in total. The Morgan fingerprint density at radius 3 is 2.76 bits per heavy atom. The molecule has 0 amide bonds. The average molecular weight is 387 g/mol. The van der Waals surface area contributed by atoms with Crippen LogP contribution in [-0.2, 0) is 0 Å². The van der Waals surface area contributed by atoms with Gasteiger partial charge in [-0.2, -0.15) is 0 Å². The molecule has 0 bridgehead atoms. The number of benzene rings is 1. The van der Waals surface area contributed by atoms with Crippen LogP contribution in [0.5, 0.6) is 5.75 Å². The number of aromatic nitrogens is 2. The highest BCUT2D eigenvalue weighted by atomic mass is 79.9. The molecule has 0 aliphatic carbocycles. The maximum Gasteiger partial charge on any atom is 0.158 e. The van der Waals surface area contributed by atoms with Gasteiger partial charge in [0.1, 0.15) is 17.3 Å². The molecule has 0 saturated carbocycles. The van der Waals surface area contributed by atoms with Crippen molar-refractivity contribution >= 4 is 50.6 Å². The zero-order valence-electron chi connectivity index (χ0n) is 10.9. The molecule has 108 valence electrons. The largest absolute Gasteiger partial charge is 0.497 e. The molecule has 2 heterocycles. The standard InChI is InChI=1S/C14H10BrCl2N3O/c1-21-8-2-3-10(15)9(5-8)12-13(18)20-6-7(16)4-11(17)14(20)19-12/h2-6H,18H2,1H3. The monoisotopic (exact) mass is 385 g/mol. The summed E-state index contributed by atoms with van der Waals surface area (Å²) in [4.78, 5) is 4.52. The Balaban J connectivity index is 2.31. The molecule has 3 aromatic rings. The SMILES string of the molecule is COc1ccc(Br)c(-c2nc3c(Cl)cc(Cl)cn3c2N)c1. The number of imidazole rings is 1. The van der Waals surface area contributed by atoms with Crippen LogP contribution in [0.2, 0.25) is 10.0 Å². The van der Waals surface area contributed by atoms with Crippen molar-refractivity contribution in [1.29, 1.82) is 0 Å². The molecule has 0 aliphatic rings. The maximum absolute atomic E-state index is 6.19. The number of nitrogens with two attached hydrogens (primary N) is 1. The van der Waals surface area contributed by atoms with Crippen LogP contribution in [0.3, 0.4) is 0 Å². The van der Waals surface area contributed by atoms with E-state index in [4.69, 9.17) is 33.7 Å². The molecule has 21 heavy (non-hydrogen) atoms. The Labute approximate surface area is 139 Å². The second-order valence-electron chi connectivity index (χ2n) is 4.39. The number of methoxy groups -OCH3 is 1. The van der Waals surface area contributed by atoms with Crippen molar-refractivity contribution in [2.45, 2.75) is 0 Å². The fourth-order valence-corrected chi connectivity index (χ4v) is 3.05. The van der Waals surface area contributed by atoms with Crippen molar-refractivity contribution in [2.75, 3.05) is 12.8 Å². The summed E-state index contributed by atoms with van der Waals surface area (Å²) < 4.78 is 7.78. The van der Waals surface area contributed by atoms with E-state index < -0.39 is 0 Å². The van der Waals surface area contributed by atoms with E-state index in [0.717, 1.165) is 10.0 Å². The predicted molar refractivity (Wildman–Crippen MR) is 89.3 cm³/mol. The first-order valence-electron chi connectivity index (χ1n) is 5.97. The number of rotatable bonds is 2. The van der Waals surface area contributed by atoms with Crippen LogP contribution in [-0.4, -0.2) is 16.5 Å². The molecule has 0 fully saturated rings. The summed E-state index contributed by atoms with van der Waals surface area (Å²) in [5.41, 5.74) is 8.19. The van der Waals surface area contributed by atoms with E-state index >= 15 is 0 Å². The van der Waals surface area contributed by atoms with Gasteiger partial charge in [0.2, 0.25) is 0 Å². The van der Waals surface area contributed by atoms with E-state index in [1.54, 1.807) is 23.8 Å². The number of fused-ring (bicyclic) bond motifs is 1. The Bertz CT molecular complexity index is 848. The average Bonchev–Trinajstić information content (AvgIpc) is 2.77. The number of pyridine rings is 1. The molecule has 0 radical (unpaired) electrons. The number of ether oxygens (including phenoxy) is 1. The van der Waals surface area contributed by atoms with Gasteiger partial charge in [-0.05, 0) is 24.3 Å². The van der Waals surface area contributed by atoms with E-state index in [1.807, 2.05) is 18.2 Å². The summed E-state index contributed by atoms with van der Waals surface area (Å²) in [7, 11) is 1.61. The number of anilines is 1. The molecule has 4 nitrogen and oxygen atoms in total. The van der Waals surface area contributed by atoms with Crippen LogP contribution in [0.15, 0.2) is 34.9 Å². The number of halogens is 3. The van der Waals surface area contributed by atoms with Crippen LogP contribution < -0.4 is 10.5 Å². The minimum absolute atomic E-state index is 0.444. The summed E-state index contributed by atoms with van der Waals surface area (Å²) >= 11 is 15.7. The zero-order valence-corrected chi connectivity index (χ0v) is 14.0. The molecule has 3 rings (SSSR count). The van der Waals surface area contributed by atoms with Crippen molar-refractivity contribution in [3.63, 3.8) is 0 Å². The van der Waals surface area contributed by atoms with E-state index in [9.17, 15) is 0 Å². The highest BCUT2D eigenvalue weighted by molar-refractivity contribution is 9.10. The molecule has 7 heteroatoms. The third-order valence-electron chi connectivity index (χ3n) is 3.11. The molecular weight excluding hydrogens is 377 g/mol. The summed E-state index contributed by atoms with van der Waals surface area (Å²) in [6.45, 7) is 0. The van der Waals surface area contributed by atoms with Crippen LogP contribution in [0.25, 0.3) is 16.9 Å². The lowest BCUT2D eigenvalue weighted by atomic mass is 10.1. The smallest absolute Gasteiger partial charge is 0.158 e. The summed E-state index contributed by atoms with van der Waals surface area (Å²) in [6.07, 6.45) is 1.68. The van der Waals surface area contributed by atoms with Crippen molar-refractivity contribution in [3.8, 4) is 17.0 Å². The lowest BCUT2D eigenvalue weighted by Gasteiger charge is -2.06. The molecule has 2 aromatic heterocycles. The number of hydrogen-bond acceptors (Lipinski definition) is 3. The minimum Gasteiger partial charge on any atom is -0.497 e. The van der Waals surface area contributed by atoms with E-state index in [-0.39, 0.29) is 0 Å². The summed E-state index contributed by atoms with van der Waals surface area (Å²) in [6, 6.07) is 7.22. The molecule has 0 spiro atoms. The minimum atomic E-state index is 0.444.